The Morgan fingerprint density at radius 3 is 2.43 bits per heavy atom. The minimum atomic E-state index is -3.69. The highest BCUT2D eigenvalue weighted by atomic mass is 32.2. The van der Waals surface area contributed by atoms with E-state index < -0.39 is 15.9 Å². The highest BCUT2D eigenvalue weighted by Gasteiger charge is 2.22. The number of carbonyl (C=O) groups excluding carboxylic acids is 1. The summed E-state index contributed by atoms with van der Waals surface area (Å²) in [4.78, 5) is 12.4. The number of hydrogen-bond acceptors (Lipinski definition) is 6. The van der Waals surface area contributed by atoms with Gasteiger partial charge in [0, 0.05) is 24.2 Å². The summed E-state index contributed by atoms with van der Waals surface area (Å²) in [6, 6.07) is 9.65. The first-order valence-corrected chi connectivity index (χ1v) is 10.1. The summed E-state index contributed by atoms with van der Waals surface area (Å²) in [5.41, 5.74) is 2.99. The van der Waals surface area contributed by atoms with Gasteiger partial charge >= 0.3 is 0 Å². The van der Waals surface area contributed by atoms with Gasteiger partial charge in [0.25, 0.3) is 5.91 Å². The molecule has 0 spiro atoms. The van der Waals surface area contributed by atoms with Crippen molar-refractivity contribution in [2.45, 2.75) is 25.7 Å². The first kappa shape index (κ1) is 21.4. The van der Waals surface area contributed by atoms with Crippen LogP contribution in [0.2, 0.25) is 0 Å². The third kappa shape index (κ3) is 4.68. The van der Waals surface area contributed by atoms with Gasteiger partial charge in [-0.25, -0.2) is 13.8 Å². The Balaban J connectivity index is 2.25. The van der Waals surface area contributed by atoms with E-state index in [0.717, 1.165) is 0 Å². The Hall–Kier alpha value is -2.91. The van der Waals surface area contributed by atoms with Crippen LogP contribution in [0, 0.1) is 0 Å². The Labute approximate surface area is 164 Å². The lowest BCUT2D eigenvalue weighted by Gasteiger charge is -2.18. The minimum Gasteiger partial charge on any atom is -0.508 e. The third-order valence-corrected chi connectivity index (χ3v) is 6.18. The molecule has 0 heterocycles. The van der Waals surface area contributed by atoms with Crippen molar-refractivity contribution in [1.82, 2.24) is 9.73 Å². The van der Waals surface area contributed by atoms with Crippen LogP contribution < -0.4 is 5.43 Å². The van der Waals surface area contributed by atoms with Crippen molar-refractivity contribution in [3.8, 4) is 11.5 Å². The van der Waals surface area contributed by atoms with Crippen molar-refractivity contribution in [2.24, 2.45) is 5.10 Å². The van der Waals surface area contributed by atoms with Crippen molar-refractivity contribution in [3.63, 3.8) is 0 Å². The summed E-state index contributed by atoms with van der Waals surface area (Å²) < 4.78 is 26.5. The maximum atomic E-state index is 12.6. The van der Waals surface area contributed by atoms with Crippen molar-refractivity contribution >= 4 is 21.6 Å². The van der Waals surface area contributed by atoms with Crippen LogP contribution in [-0.2, 0) is 10.0 Å². The van der Waals surface area contributed by atoms with Crippen molar-refractivity contribution in [3.05, 3.63) is 53.6 Å². The predicted molar refractivity (Wildman–Crippen MR) is 106 cm³/mol. The fourth-order valence-corrected chi connectivity index (χ4v) is 4.09. The van der Waals surface area contributed by atoms with E-state index in [2.05, 4.69) is 10.5 Å². The van der Waals surface area contributed by atoms with Gasteiger partial charge in [-0.3, -0.25) is 4.79 Å². The van der Waals surface area contributed by atoms with Crippen LogP contribution >= 0.6 is 0 Å². The molecule has 0 aliphatic heterocycles. The second-order valence-corrected chi connectivity index (χ2v) is 7.89. The van der Waals surface area contributed by atoms with Gasteiger partial charge in [-0.1, -0.05) is 19.9 Å². The number of benzene rings is 2. The molecule has 0 bridgehead atoms. The van der Waals surface area contributed by atoms with E-state index in [0.29, 0.717) is 13.1 Å². The van der Waals surface area contributed by atoms with Crippen molar-refractivity contribution in [1.29, 1.82) is 0 Å². The second kappa shape index (κ2) is 8.85. The number of hydrogen-bond donors (Lipinski definition) is 3. The molecule has 0 atom stereocenters. The van der Waals surface area contributed by atoms with E-state index in [1.165, 1.54) is 46.8 Å². The van der Waals surface area contributed by atoms with Gasteiger partial charge in [0.2, 0.25) is 10.0 Å². The number of sulfonamides is 1. The zero-order chi connectivity index (χ0) is 20.9. The maximum absolute atomic E-state index is 12.6. The monoisotopic (exact) mass is 405 g/mol. The summed E-state index contributed by atoms with van der Waals surface area (Å²) in [5.74, 6) is -0.751. The first-order chi connectivity index (χ1) is 13.2. The predicted octanol–water partition coefficient (Wildman–Crippen LogP) is 2.28. The molecule has 0 saturated heterocycles. The second-order valence-electron chi connectivity index (χ2n) is 5.96. The summed E-state index contributed by atoms with van der Waals surface area (Å²) >= 11 is 0. The molecule has 0 saturated carbocycles. The molecule has 0 fully saturated rings. The maximum Gasteiger partial charge on any atom is 0.271 e. The van der Waals surface area contributed by atoms with E-state index in [-0.39, 0.29) is 33.2 Å². The molecule has 0 radical (unpaired) electrons. The minimum absolute atomic E-state index is 0.0233. The molecule has 3 N–H and O–H groups in total. The average Bonchev–Trinajstić information content (AvgIpc) is 2.68. The molecule has 0 unspecified atom stereocenters. The summed E-state index contributed by atoms with van der Waals surface area (Å²) in [6.45, 7) is 5.69. The normalized spacial score (nSPS) is 12.2. The molecular weight excluding hydrogens is 382 g/mol. The molecule has 2 rings (SSSR count). The fourth-order valence-electron chi connectivity index (χ4n) is 2.58. The quantitative estimate of drug-likeness (QED) is 0.371. The number of phenolic OH excluding ortho intramolecular Hbond substituents is 2. The average molecular weight is 405 g/mol. The topological polar surface area (TPSA) is 119 Å². The van der Waals surface area contributed by atoms with Crippen LogP contribution in [0.5, 0.6) is 11.5 Å². The van der Waals surface area contributed by atoms with E-state index in [1.807, 2.05) is 0 Å². The lowest BCUT2D eigenvalue weighted by Crippen LogP contribution is -2.30. The zero-order valence-electron chi connectivity index (χ0n) is 15.9. The van der Waals surface area contributed by atoms with E-state index >= 15 is 0 Å². The Bertz CT molecular complexity index is 998. The van der Waals surface area contributed by atoms with Crippen LogP contribution in [0.15, 0.2) is 52.5 Å². The fraction of sp³-hybridized carbons (Fsp3) is 0.263. The Morgan fingerprint density at radius 2 is 1.79 bits per heavy atom. The molecule has 28 heavy (non-hydrogen) atoms. The standard InChI is InChI=1S/C19H23N3O5S/c1-4-22(5-2)28(26,27)16-8-6-7-14(11-16)19(25)21-20-13(3)17-12-15(23)9-10-18(17)24/h6-12,23-24H,4-5H2,1-3H3,(H,21,25)/b20-13+. The highest BCUT2D eigenvalue weighted by Crippen LogP contribution is 2.22. The molecule has 0 aromatic heterocycles. The number of hydrazone groups is 1. The lowest BCUT2D eigenvalue weighted by molar-refractivity contribution is 0.0954. The molecule has 0 aliphatic rings. The Kier molecular flexibility index (Phi) is 6.76. The van der Waals surface area contributed by atoms with Crippen LogP contribution in [0.3, 0.4) is 0 Å². The summed E-state index contributed by atoms with van der Waals surface area (Å²) in [6.07, 6.45) is 0. The molecule has 2 aromatic carbocycles. The van der Waals surface area contributed by atoms with Crippen LogP contribution in [0.25, 0.3) is 0 Å². The van der Waals surface area contributed by atoms with Gasteiger partial charge < -0.3 is 10.2 Å². The largest absolute Gasteiger partial charge is 0.508 e. The number of nitrogens with one attached hydrogen (secondary N) is 1. The number of phenols is 2. The van der Waals surface area contributed by atoms with Crippen molar-refractivity contribution in [2.75, 3.05) is 13.1 Å². The van der Waals surface area contributed by atoms with Crippen LogP contribution in [-0.4, -0.2) is 47.6 Å². The highest BCUT2D eigenvalue weighted by molar-refractivity contribution is 7.89. The third-order valence-electron chi connectivity index (χ3n) is 4.13. The van der Waals surface area contributed by atoms with Gasteiger partial charge in [0.1, 0.15) is 11.5 Å². The van der Waals surface area contributed by atoms with Crippen LogP contribution in [0.1, 0.15) is 36.7 Å². The molecule has 8 nitrogen and oxygen atoms in total. The summed E-state index contributed by atoms with van der Waals surface area (Å²) in [5, 5.41) is 23.3. The number of nitrogens with zero attached hydrogens (tertiary/aromatic N) is 2. The molecule has 150 valence electrons. The lowest BCUT2D eigenvalue weighted by atomic mass is 10.1. The smallest absolute Gasteiger partial charge is 0.271 e. The van der Waals surface area contributed by atoms with Gasteiger partial charge in [-0.05, 0) is 43.3 Å². The van der Waals surface area contributed by atoms with E-state index in [9.17, 15) is 23.4 Å². The molecule has 1 amide bonds. The number of aromatic hydroxyl groups is 2. The number of amides is 1. The summed E-state index contributed by atoms with van der Waals surface area (Å²) in [7, 11) is -3.69. The number of carbonyl (C=O) groups is 1. The van der Waals surface area contributed by atoms with E-state index in [4.69, 9.17) is 0 Å². The molecule has 2 aromatic rings. The molecule has 9 heteroatoms. The SMILES string of the molecule is CCN(CC)S(=O)(=O)c1cccc(C(=O)N/N=C(\C)c2cc(O)ccc2O)c1. The van der Waals surface area contributed by atoms with Gasteiger partial charge in [-0.15, -0.1) is 0 Å². The van der Waals surface area contributed by atoms with Gasteiger partial charge in [0.15, 0.2) is 0 Å². The van der Waals surface area contributed by atoms with E-state index in [1.54, 1.807) is 20.8 Å². The zero-order valence-corrected chi connectivity index (χ0v) is 16.7. The van der Waals surface area contributed by atoms with Gasteiger partial charge in [-0.2, -0.15) is 9.41 Å². The first-order valence-electron chi connectivity index (χ1n) is 8.67. The van der Waals surface area contributed by atoms with Gasteiger partial charge in [0.05, 0.1) is 10.6 Å². The molecular formula is C19H23N3O5S. The van der Waals surface area contributed by atoms with Crippen molar-refractivity contribution < 1.29 is 23.4 Å². The Morgan fingerprint density at radius 1 is 1.11 bits per heavy atom. The molecule has 0 aliphatic carbocycles. The number of rotatable bonds is 7. The van der Waals surface area contributed by atoms with Crippen LogP contribution in [0.4, 0.5) is 0 Å².